The van der Waals surface area contributed by atoms with Crippen LogP contribution in [0, 0.1) is 23.7 Å². The summed E-state index contributed by atoms with van der Waals surface area (Å²) in [5, 5.41) is 3.17. The number of amides is 1. The highest BCUT2D eigenvalue weighted by Gasteiger charge is 2.40. The maximum Gasteiger partial charge on any atom is 0.220 e. The molecule has 5 unspecified atom stereocenters. The fourth-order valence-corrected chi connectivity index (χ4v) is 5.18. The molecule has 1 amide bonds. The molecule has 0 aromatic heterocycles. The molecule has 0 aliphatic heterocycles. The number of alkyl halides is 1. The fourth-order valence-electron chi connectivity index (χ4n) is 4.40. The van der Waals surface area contributed by atoms with Gasteiger partial charge in [0.25, 0.3) is 0 Å². The van der Waals surface area contributed by atoms with E-state index in [1.165, 1.54) is 44.9 Å². The van der Waals surface area contributed by atoms with E-state index in [0.717, 1.165) is 24.8 Å². The Hall–Kier alpha value is -0.0500. The second-order valence-electron chi connectivity index (χ2n) is 6.65. The van der Waals surface area contributed by atoms with E-state index in [4.69, 9.17) is 0 Å². The lowest BCUT2D eigenvalue weighted by molar-refractivity contribution is -0.122. The van der Waals surface area contributed by atoms with Gasteiger partial charge in [0, 0.05) is 17.8 Å². The predicted octanol–water partition coefficient (Wildman–Crippen LogP) is 3.49. The zero-order valence-corrected chi connectivity index (χ0v) is 12.6. The molecule has 1 N–H and O–H groups in total. The first-order valence-corrected chi connectivity index (χ1v) is 8.54. The molecule has 3 fully saturated rings. The van der Waals surface area contributed by atoms with Gasteiger partial charge in [0.05, 0.1) is 0 Å². The lowest BCUT2D eigenvalue weighted by Gasteiger charge is -2.21. The zero-order chi connectivity index (χ0) is 12.5. The monoisotopic (exact) mass is 313 g/mol. The minimum absolute atomic E-state index is 0.305. The molecule has 3 aliphatic rings. The lowest BCUT2D eigenvalue weighted by atomic mass is 9.86. The molecule has 2 nitrogen and oxygen atoms in total. The zero-order valence-electron chi connectivity index (χ0n) is 11.0. The van der Waals surface area contributed by atoms with Crippen molar-refractivity contribution in [3.8, 4) is 0 Å². The van der Waals surface area contributed by atoms with Gasteiger partial charge in [-0.3, -0.25) is 4.79 Å². The smallest absolute Gasteiger partial charge is 0.220 e. The Kier molecular flexibility index (Phi) is 3.97. The Morgan fingerprint density at radius 3 is 2.61 bits per heavy atom. The van der Waals surface area contributed by atoms with Crippen LogP contribution in [0.2, 0.25) is 0 Å². The van der Waals surface area contributed by atoms with Crippen LogP contribution in [0.5, 0.6) is 0 Å². The number of rotatable bonds is 4. The van der Waals surface area contributed by atoms with Crippen LogP contribution in [0.1, 0.15) is 51.4 Å². The lowest BCUT2D eigenvalue weighted by Crippen LogP contribution is -2.32. The van der Waals surface area contributed by atoms with Crippen molar-refractivity contribution in [2.45, 2.75) is 56.2 Å². The first-order valence-electron chi connectivity index (χ1n) is 7.63. The Morgan fingerprint density at radius 2 is 2.00 bits per heavy atom. The van der Waals surface area contributed by atoms with E-state index in [0.29, 0.717) is 22.6 Å². The maximum absolute atomic E-state index is 12.0. The first kappa shape index (κ1) is 13.0. The summed E-state index contributed by atoms with van der Waals surface area (Å²) in [7, 11) is 0. The molecule has 0 aromatic carbocycles. The molecule has 0 heterocycles. The largest absolute Gasteiger partial charge is 0.356 e. The predicted molar refractivity (Wildman–Crippen MR) is 76.6 cm³/mol. The van der Waals surface area contributed by atoms with Crippen LogP contribution < -0.4 is 5.32 Å². The molecule has 3 heteroatoms. The van der Waals surface area contributed by atoms with E-state index >= 15 is 0 Å². The molecule has 2 bridgehead atoms. The SMILES string of the molecule is O=C(CC1CC2CCC1C2)NCC1CCCC1Br. The summed E-state index contributed by atoms with van der Waals surface area (Å²) in [5.41, 5.74) is 0. The molecular formula is C15H24BrNO. The number of nitrogens with one attached hydrogen (secondary N) is 1. The van der Waals surface area contributed by atoms with Crippen molar-refractivity contribution in [2.75, 3.05) is 6.54 Å². The standard InChI is InChI=1S/C15H24BrNO/c16-14-3-1-2-12(14)9-17-15(18)8-13-7-10-4-5-11(13)6-10/h10-14H,1-9H2,(H,17,18). The molecule has 5 atom stereocenters. The summed E-state index contributed by atoms with van der Waals surface area (Å²) in [6.07, 6.45) is 10.2. The van der Waals surface area contributed by atoms with E-state index < -0.39 is 0 Å². The molecule has 3 saturated carbocycles. The van der Waals surface area contributed by atoms with Crippen LogP contribution in [-0.4, -0.2) is 17.3 Å². The number of halogens is 1. The van der Waals surface area contributed by atoms with Gasteiger partial charge in [-0.2, -0.15) is 0 Å². The Labute approximate surface area is 118 Å². The summed E-state index contributed by atoms with van der Waals surface area (Å²) < 4.78 is 0. The summed E-state index contributed by atoms with van der Waals surface area (Å²) in [6.45, 7) is 0.884. The van der Waals surface area contributed by atoms with E-state index in [1.807, 2.05) is 0 Å². The van der Waals surface area contributed by atoms with Crippen LogP contribution in [0.4, 0.5) is 0 Å². The molecule has 0 spiro atoms. The molecule has 3 aliphatic carbocycles. The normalized spacial score (nSPS) is 42.4. The van der Waals surface area contributed by atoms with Crippen molar-refractivity contribution in [2.24, 2.45) is 23.7 Å². The van der Waals surface area contributed by atoms with E-state index in [9.17, 15) is 4.79 Å². The molecule has 0 aromatic rings. The van der Waals surface area contributed by atoms with Gasteiger partial charge in [-0.05, 0) is 55.8 Å². The highest BCUT2D eigenvalue weighted by atomic mass is 79.9. The third-order valence-corrected chi connectivity index (χ3v) is 6.67. The minimum Gasteiger partial charge on any atom is -0.356 e. The summed E-state index contributed by atoms with van der Waals surface area (Å²) in [4.78, 5) is 12.6. The van der Waals surface area contributed by atoms with Crippen LogP contribution in [0.25, 0.3) is 0 Å². The third kappa shape index (κ3) is 2.76. The highest BCUT2D eigenvalue weighted by molar-refractivity contribution is 9.09. The summed E-state index contributed by atoms with van der Waals surface area (Å²) in [6, 6.07) is 0. The number of carbonyl (C=O) groups is 1. The molecule has 0 saturated heterocycles. The van der Waals surface area contributed by atoms with Gasteiger partial charge < -0.3 is 5.32 Å². The summed E-state index contributed by atoms with van der Waals surface area (Å²) >= 11 is 3.72. The number of carbonyl (C=O) groups excluding carboxylic acids is 1. The van der Waals surface area contributed by atoms with E-state index in [1.54, 1.807) is 0 Å². The topological polar surface area (TPSA) is 29.1 Å². The Balaban J connectivity index is 1.39. The van der Waals surface area contributed by atoms with Gasteiger partial charge in [-0.25, -0.2) is 0 Å². The molecule has 18 heavy (non-hydrogen) atoms. The maximum atomic E-state index is 12.0. The van der Waals surface area contributed by atoms with Crippen molar-refractivity contribution in [1.29, 1.82) is 0 Å². The van der Waals surface area contributed by atoms with Gasteiger partial charge in [-0.15, -0.1) is 0 Å². The van der Waals surface area contributed by atoms with Crippen molar-refractivity contribution in [3.63, 3.8) is 0 Å². The van der Waals surface area contributed by atoms with Crippen molar-refractivity contribution in [1.82, 2.24) is 5.32 Å². The molecule has 3 rings (SSSR count). The molecule has 102 valence electrons. The molecule has 0 radical (unpaired) electrons. The van der Waals surface area contributed by atoms with Crippen molar-refractivity contribution in [3.05, 3.63) is 0 Å². The van der Waals surface area contributed by atoms with Crippen molar-refractivity contribution >= 4 is 21.8 Å². The van der Waals surface area contributed by atoms with Crippen LogP contribution in [0.3, 0.4) is 0 Å². The van der Waals surface area contributed by atoms with E-state index in [-0.39, 0.29) is 0 Å². The van der Waals surface area contributed by atoms with Gasteiger partial charge in [0.1, 0.15) is 0 Å². The van der Waals surface area contributed by atoms with E-state index in [2.05, 4.69) is 21.2 Å². The van der Waals surface area contributed by atoms with Crippen LogP contribution in [-0.2, 0) is 4.79 Å². The quantitative estimate of drug-likeness (QED) is 0.791. The number of hydrogen-bond acceptors (Lipinski definition) is 1. The average Bonchev–Trinajstić information content (AvgIpc) is 3.03. The summed E-state index contributed by atoms with van der Waals surface area (Å²) in [5.74, 6) is 3.49. The Bertz CT molecular complexity index is 320. The molecular weight excluding hydrogens is 290 g/mol. The Morgan fingerprint density at radius 1 is 1.11 bits per heavy atom. The van der Waals surface area contributed by atoms with Crippen LogP contribution >= 0.6 is 15.9 Å². The van der Waals surface area contributed by atoms with Crippen LogP contribution in [0.15, 0.2) is 0 Å². The van der Waals surface area contributed by atoms with Gasteiger partial charge in [0.2, 0.25) is 5.91 Å². The van der Waals surface area contributed by atoms with Gasteiger partial charge in [-0.1, -0.05) is 28.8 Å². The second-order valence-corrected chi connectivity index (χ2v) is 7.83. The fraction of sp³-hybridized carbons (Fsp3) is 0.933. The number of fused-ring (bicyclic) bond motifs is 2. The van der Waals surface area contributed by atoms with Gasteiger partial charge >= 0.3 is 0 Å². The highest BCUT2D eigenvalue weighted by Crippen LogP contribution is 2.49. The third-order valence-electron chi connectivity index (χ3n) is 5.46. The average molecular weight is 314 g/mol. The van der Waals surface area contributed by atoms with Crippen molar-refractivity contribution < 1.29 is 4.79 Å². The minimum atomic E-state index is 0.305. The first-order chi connectivity index (χ1) is 8.72. The number of hydrogen-bond donors (Lipinski definition) is 1. The van der Waals surface area contributed by atoms with Gasteiger partial charge in [0.15, 0.2) is 0 Å². The second kappa shape index (κ2) is 5.52.